The van der Waals surface area contributed by atoms with E-state index in [0.29, 0.717) is 17.7 Å². The first-order chi connectivity index (χ1) is 8.09. The predicted octanol–water partition coefficient (Wildman–Crippen LogP) is 1.25. The quantitative estimate of drug-likeness (QED) is 0.729. The Labute approximate surface area is 101 Å². The first-order valence-electron chi connectivity index (χ1n) is 5.42. The lowest BCUT2D eigenvalue weighted by molar-refractivity contribution is -0.114. The first-order valence-corrected chi connectivity index (χ1v) is 5.42. The van der Waals surface area contributed by atoms with Crippen LogP contribution in [0.5, 0.6) is 5.75 Å². The molecule has 0 bridgehead atoms. The molecule has 1 aromatic carbocycles. The number of primary amides is 1. The van der Waals surface area contributed by atoms with Crippen molar-refractivity contribution >= 4 is 5.91 Å². The summed E-state index contributed by atoms with van der Waals surface area (Å²) in [4.78, 5) is 10.7. The number of aliphatic hydroxyl groups excluding tert-OH is 1. The van der Waals surface area contributed by atoms with Gasteiger partial charge < -0.3 is 15.6 Å². The summed E-state index contributed by atoms with van der Waals surface area (Å²) >= 11 is 0. The number of aliphatic hydroxyl groups is 1. The Morgan fingerprint density at radius 1 is 1.47 bits per heavy atom. The third-order valence-electron chi connectivity index (χ3n) is 2.27. The van der Waals surface area contributed by atoms with Crippen molar-refractivity contribution in [2.24, 2.45) is 5.73 Å². The molecule has 4 nitrogen and oxygen atoms in total. The van der Waals surface area contributed by atoms with E-state index in [1.165, 1.54) is 0 Å². The van der Waals surface area contributed by atoms with Gasteiger partial charge in [-0.2, -0.15) is 0 Å². The molecule has 0 heterocycles. The highest BCUT2D eigenvalue weighted by Gasteiger charge is 2.05. The average molecular weight is 235 g/mol. The maximum absolute atomic E-state index is 10.7. The van der Waals surface area contributed by atoms with Gasteiger partial charge in [0.05, 0.1) is 6.10 Å². The molecule has 0 saturated heterocycles. The second-order valence-corrected chi connectivity index (χ2v) is 3.76. The zero-order valence-electron chi connectivity index (χ0n) is 9.80. The van der Waals surface area contributed by atoms with E-state index in [9.17, 15) is 9.90 Å². The van der Waals surface area contributed by atoms with E-state index in [4.69, 9.17) is 10.5 Å². The van der Waals surface area contributed by atoms with Crippen molar-refractivity contribution in [3.8, 4) is 5.75 Å². The molecule has 1 rings (SSSR count). The zero-order chi connectivity index (χ0) is 12.7. The van der Waals surface area contributed by atoms with E-state index >= 15 is 0 Å². The van der Waals surface area contributed by atoms with E-state index < -0.39 is 12.0 Å². The number of para-hydroxylation sites is 1. The van der Waals surface area contributed by atoms with Gasteiger partial charge in [-0.3, -0.25) is 4.79 Å². The van der Waals surface area contributed by atoms with Crippen LogP contribution >= 0.6 is 0 Å². The molecule has 92 valence electrons. The number of carbonyl (C=O) groups excluding carboxylic acids is 1. The molecule has 1 aromatic rings. The molecule has 3 N–H and O–H groups in total. The Morgan fingerprint density at radius 3 is 2.71 bits per heavy atom. The number of amides is 1. The Bertz CT molecular complexity index is 387. The van der Waals surface area contributed by atoms with Crippen molar-refractivity contribution in [2.75, 3.05) is 6.61 Å². The lowest BCUT2D eigenvalue weighted by atomic mass is 10.2. The zero-order valence-corrected chi connectivity index (χ0v) is 9.80. The van der Waals surface area contributed by atoms with Gasteiger partial charge in [-0.25, -0.2) is 0 Å². The van der Waals surface area contributed by atoms with Crippen LogP contribution in [0.25, 0.3) is 0 Å². The van der Waals surface area contributed by atoms with Crippen LogP contribution in [-0.2, 0) is 4.79 Å². The number of nitrogens with two attached hydrogens (primary N) is 1. The van der Waals surface area contributed by atoms with Gasteiger partial charge in [0.1, 0.15) is 12.4 Å². The van der Waals surface area contributed by atoms with Crippen molar-refractivity contribution in [2.45, 2.75) is 19.4 Å². The molecule has 0 fully saturated rings. The molecule has 1 unspecified atom stereocenters. The van der Waals surface area contributed by atoms with E-state index in [1.807, 2.05) is 30.3 Å². The number of hydrogen-bond donors (Lipinski definition) is 2. The van der Waals surface area contributed by atoms with E-state index in [2.05, 4.69) is 0 Å². The van der Waals surface area contributed by atoms with Gasteiger partial charge in [-0.05, 0) is 25.5 Å². The summed E-state index contributed by atoms with van der Waals surface area (Å²) in [6, 6.07) is 9.24. The Balaban J connectivity index is 2.33. The molecule has 1 amide bonds. The number of ether oxygens (including phenoxy) is 1. The molecule has 17 heavy (non-hydrogen) atoms. The number of hydrogen-bond acceptors (Lipinski definition) is 3. The fourth-order valence-electron chi connectivity index (χ4n) is 1.19. The molecule has 4 heteroatoms. The summed E-state index contributed by atoms with van der Waals surface area (Å²) in [6.07, 6.45) is 1.31. The molecule has 0 spiro atoms. The van der Waals surface area contributed by atoms with Crippen LogP contribution < -0.4 is 10.5 Å². The fraction of sp³-hybridized carbons (Fsp3) is 0.308. The minimum Gasteiger partial charge on any atom is -0.491 e. The predicted molar refractivity (Wildman–Crippen MR) is 65.5 cm³/mol. The molecule has 0 radical (unpaired) electrons. The summed E-state index contributed by atoms with van der Waals surface area (Å²) in [6.45, 7) is 1.81. The van der Waals surface area contributed by atoms with Crippen LogP contribution in [0.1, 0.15) is 13.3 Å². The minimum absolute atomic E-state index is 0.187. The molecule has 0 aliphatic rings. The molecule has 0 aliphatic carbocycles. The normalized spacial score (nSPS) is 13.2. The third kappa shape index (κ3) is 5.17. The second kappa shape index (κ2) is 6.70. The number of carbonyl (C=O) groups is 1. The van der Waals surface area contributed by atoms with E-state index in [-0.39, 0.29) is 6.61 Å². The van der Waals surface area contributed by atoms with Crippen molar-refractivity contribution in [1.82, 2.24) is 0 Å². The number of rotatable bonds is 6. The van der Waals surface area contributed by atoms with Crippen molar-refractivity contribution < 1.29 is 14.6 Å². The van der Waals surface area contributed by atoms with Crippen LogP contribution in [0, 0.1) is 0 Å². The van der Waals surface area contributed by atoms with Crippen LogP contribution in [0.3, 0.4) is 0 Å². The Morgan fingerprint density at radius 2 is 2.12 bits per heavy atom. The van der Waals surface area contributed by atoms with Gasteiger partial charge in [-0.1, -0.05) is 24.3 Å². The van der Waals surface area contributed by atoms with E-state index in [1.54, 1.807) is 13.0 Å². The Kier molecular flexibility index (Phi) is 5.23. The lowest BCUT2D eigenvalue weighted by Gasteiger charge is -2.10. The average Bonchev–Trinajstić information content (AvgIpc) is 2.34. The van der Waals surface area contributed by atoms with Gasteiger partial charge in [0, 0.05) is 5.57 Å². The first kappa shape index (κ1) is 13.3. The van der Waals surface area contributed by atoms with Gasteiger partial charge in [0.15, 0.2) is 0 Å². The van der Waals surface area contributed by atoms with Gasteiger partial charge >= 0.3 is 0 Å². The minimum atomic E-state index is -0.649. The van der Waals surface area contributed by atoms with Gasteiger partial charge in [0.25, 0.3) is 0 Å². The van der Waals surface area contributed by atoms with Crippen molar-refractivity contribution in [1.29, 1.82) is 0 Å². The molecule has 0 aliphatic heterocycles. The van der Waals surface area contributed by atoms with Crippen molar-refractivity contribution in [3.05, 3.63) is 42.0 Å². The largest absolute Gasteiger partial charge is 0.491 e. The highest BCUT2D eigenvalue weighted by molar-refractivity contribution is 5.91. The molecular weight excluding hydrogens is 218 g/mol. The van der Waals surface area contributed by atoms with Gasteiger partial charge in [0.2, 0.25) is 5.91 Å². The summed E-state index contributed by atoms with van der Waals surface area (Å²) in [5, 5.41) is 9.62. The highest BCUT2D eigenvalue weighted by Crippen LogP contribution is 2.09. The maximum Gasteiger partial charge on any atom is 0.244 e. The molecule has 0 aromatic heterocycles. The number of benzene rings is 1. The maximum atomic E-state index is 10.7. The molecular formula is C13H17NO3. The standard InChI is InChI=1S/C13H17NO3/c1-10(13(14)16)7-8-11(15)9-17-12-5-3-2-4-6-12/h2-7,11,15H,8-9H2,1H3,(H2,14,16)/b10-7+. The molecule has 1 atom stereocenters. The van der Waals surface area contributed by atoms with Crippen LogP contribution in [0.2, 0.25) is 0 Å². The topological polar surface area (TPSA) is 72.6 Å². The third-order valence-corrected chi connectivity index (χ3v) is 2.27. The van der Waals surface area contributed by atoms with Gasteiger partial charge in [-0.15, -0.1) is 0 Å². The second-order valence-electron chi connectivity index (χ2n) is 3.76. The smallest absolute Gasteiger partial charge is 0.244 e. The summed E-state index contributed by atoms with van der Waals surface area (Å²) in [5.74, 6) is 0.239. The Hall–Kier alpha value is -1.81. The monoisotopic (exact) mass is 235 g/mol. The van der Waals surface area contributed by atoms with E-state index in [0.717, 1.165) is 0 Å². The summed E-state index contributed by atoms with van der Waals surface area (Å²) in [5.41, 5.74) is 5.52. The summed E-state index contributed by atoms with van der Waals surface area (Å²) < 4.78 is 5.37. The van der Waals surface area contributed by atoms with Crippen molar-refractivity contribution in [3.63, 3.8) is 0 Å². The SMILES string of the molecule is C/C(=C\CC(O)COc1ccccc1)C(N)=O. The summed E-state index contributed by atoms with van der Waals surface area (Å²) in [7, 11) is 0. The van der Waals surface area contributed by atoms with Crippen LogP contribution in [-0.4, -0.2) is 23.7 Å². The lowest BCUT2D eigenvalue weighted by Crippen LogP contribution is -2.18. The van der Waals surface area contributed by atoms with Crippen LogP contribution in [0.15, 0.2) is 42.0 Å². The van der Waals surface area contributed by atoms with Crippen LogP contribution in [0.4, 0.5) is 0 Å². The highest BCUT2D eigenvalue weighted by atomic mass is 16.5. The fourth-order valence-corrected chi connectivity index (χ4v) is 1.19. The molecule has 0 saturated carbocycles.